The number of sulfonamides is 1. The summed E-state index contributed by atoms with van der Waals surface area (Å²) in [7, 11) is -2.23. The molecule has 0 fully saturated rings. The molecule has 0 bridgehead atoms. The Morgan fingerprint density at radius 3 is 2.66 bits per heavy atom. The van der Waals surface area contributed by atoms with Crippen molar-refractivity contribution in [2.24, 2.45) is 5.92 Å². The van der Waals surface area contributed by atoms with Crippen molar-refractivity contribution in [1.29, 1.82) is 0 Å². The molecule has 0 saturated heterocycles. The molecule has 2 rings (SSSR count). The van der Waals surface area contributed by atoms with Crippen molar-refractivity contribution < 1.29 is 17.9 Å². The van der Waals surface area contributed by atoms with Gasteiger partial charge in [0.15, 0.2) is 4.34 Å². The fourth-order valence-corrected chi connectivity index (χ4v) is 5.49. The van der Waals surface area contributed by atoms with Gasteiger partial charge in [-0.2, -0.15) is 0 Å². The number of anilines is 2. The monoisotopic (exact) mass is 458 g/mol. The van der Waals surface area contributed by atoms with Crippen molar-refractivity contribution in [2.45, 2.75) is 37.6 Å². The Hall–Kier alpha value is -1.85. The normalized spacial score (nSPS) is 12.6. The molecule has 8 nitrogen and oxygen atoms in total. The van der Waals surface area contributed by atoms with E-state index in [0.29, 0.717) is 22.5 Å². The molecule has 0 saturated carbocycles. The van der Waals surface area contributed by atoms with Gasteiger partial charge in [0, 0.05) is 11.8 Å². The van der Waals surface area contributed by atoms with Crippen LogP contribution in [0.1, 0.15) is 27.2 Å². The average molecular weight is 459 g/mol. The molecule has 1 N–H and O–H groups in total. The van der Waals surface area contributed by atoms with E-state index in [9.17, 15) is 13.2 Å². The van der Waals surface area contributed by atoms with E-state index in [4.69, 9.17) is 4.74 Å². The summed E-state index contributed by atoms with van der Waals surface area (Å²) in [6, 6.07) is 5.67. The number of carbonyl (C=O) groups excluding carboxylic acids is 1. The molecular formula is C18H26N4O4S3. The number of amides is 1. The summed E-state index contributed by atoms with van der Waals surface area (Å²) in [5.41, 5.74) is 0.360. The average Bonchev–Trinajstić information content (AvgIpc) is 3.10. The number of hydrogen-bond donors (Lipinski definition) is 1. The zero-order chi connectivity index (χ0) is 21.6. The van der Waals surface area contributed by atoms with Crippen LogP contribution in [0.3, 0.4) is 0 Å². The van der Waals surface area contributed by atoms with E-state index in [1.807, 2.05) is 0 Å². The highest BCUT2D eigenvalue weighted by Gasteiger charge is 2.32. The Kier molecular flexibility index (Phi) is 8.29. The maximum absolute atomic E-state index is 12.9. The molecule has 0 aliphatic heterocycles. The maximum atomic E-state index is 12.9. The molecule has 0 radical (unpaired) electrons. The van der Waals surface area contributed by atoms with E-state index < -0.39 is 22.0 Å². The zero-order valence-corrected chi connectivity index (χ0v) is 19.5. The standard InChI is InChI=1S/C18H26N4O4S3/c1-6-15(16(23)19-17-20-21-18(28-17)27-11-12(2)3)22(29(5,24)25)13-8-7-9-14(10-13)26-4/h7-10,12,15H,6,11H2,1-5H3,(H,19,20,23)/t15-/m1/s1. The summed E-state index contributed by atoms with van der Waals surface area (Å²) in [6.45, 7) is 5.98. The van der Waals surface area contributed by atoms with Crippen molar-refractivity contribution in [3.63, 3.8) is 0 Å². The van der Waals surface area contributed by atoms with E-state index in [1.165, 1.54) is 18.4 Å². The Morgan fingerprint density at radius 2 is 2.07 bits per heavy atom. The van der Waals surface area contributed by atoms with Crippen LogP contribution >= 0.6 is 23.1 Å². The molecule has 1 aromatic heterocycles. The highest BCUT2D eigenvalue weighted by Crippen LogP contribution is 2.29. The predicted molar refractivity (Wildman–Crippen MR) is 118 cm³/mol. The molecule has 1 atom stereocenters. The number of ether oxygens (including phenoxy) is 1. The van der Waals surface area contributed by atoms with E-state index in [1.54, 1.807) is 43.0 Å². The molecule has 11 heteroatoms. The van der Waals surface area contributed by atoms with E-state index in [2.05, 4.69) is 29.4 Å². The summed E-state index contributed by atoms with van der Waals surface area (Å²) in [6.07, 6.45) is 1.36. The third kappa shape index (κ3) is 6.58. The van der Waals surface area contributed by atoms with Crippen LogP contribution in [0.5, 0.6) is 5.75 Å². The van der Waals surface area contributed by atoms with Crippen LogP contribution in [-0.2, 0) is 14.8 Å². The summed E-state index contributed by atoms with van der Waals surface area (Å²) < 4.78 is 32.1. The van der Waals surface area contributed by atoms with Gasteiger partial charge in [0.25, 0.3) is 0 Å². The first-order valence-electron chi connectivity index (χ1n) is 9.06. The molecular weight excluding hydrogens is 432 g/mol. The lowest BCUT2D eigenvalue weighted by atomic mass is 10.2. The molecule has 0 spiro atoms. The number of aromatic nitrogens is 2. The molecule has 160 valence electrons. The second-order valence-corrected chi connectivity index (χ2v) is 10.9. The van der Waals surface area contributed by atoms with Gasteiger partial charge < -0.3 is 4.74 Å². The number of benzene rings is 1. The van der Waals surface area contributed by atoms with Crippen LogP contribution < -0.4 is 14.4 Å². The van der Waals surface area contributed by atoms with Gasteiger partial charge >= 0.3 is 0 Å². The first kappa shape index (κ1) is 23.4. The molecule has 2 aromatic rings. The zero-order valence-electron chi connectivity index (χ0n) is 17.1. The maximum Gasteiger partial charge on any atom is 0.250 e. The summed E-state index contributed by atoms with van der Waals surface area (Å²) >= 11 is 2.85. The van der Waals surface area contributed by atoms with Crippen molar-refractivity contribution in [3.05, 3.63) is 24.3 Å². The lowest BCUT2D eigenvalue weighted by molar-refractivity contribution is -0.117. The number of methoxy groups -OCH3 is 1. The molecule has 0 unspecified atom stereocenters. The number of carbonyl (C=O) groups is 1. The van der Waals surface area contributed by atoms with Crippen molar-refractivity contribution in [1.82, 2.24) is 10.2 Å². The second kappa shape index (κ2) is 10.3. The van der Waals surface area contributed by atoms with Crippen LogP contribution in [0, 0.1) is 5.92 Å². The molecule has 0 aliphatic rings. The minimum Gasteiger partial charge on any atom is -0.497 e. The molecule has 29 heavy (non-hydrogen) atoms. The SMILES string of the molecule is CC[C@H](C(=O)Nc1nnc(SCC(C)C)s1)N(c1cccc(OC)c1)S(C)(=O)=O. The van der Waals surface area contributed by atoms with Gasteiger partial charge in [-0.05, 0) is 24.5 Å². The first-order valence-corrected chi connectivity index (χ1v) is 12.7. The number of nitrogens with zero attached hydrogens (tertiary/aromatic N) is 3. The van der Waals surface area contributed by atoms with Crippen molar-refractivity contribution >= 4 is 49.8 Å². The quantitative estimate of drug-likeness (QED) is 0.430. The smallest absolute Gasteiger partial charge is 0.250 e. The van der Waals surface area contributed by atoms with Gasteiger partial charge in [-0.15, -0.1) is 10.2 Å². The lowest BCUT2D eigenvalue weighted by Gasteiger charge is -2.29. The van der Waals surface area contributed by atoms with Gasteiger partial charge in [-0.1, -0.05) is 49.9 Å². The molecule has 1 heterocycles. The largest absolute Gasteiger partial charge is 0.497 e. The summed E-state index contributed by atoms with van der Waals surface area (Å²) in [5, 5.41) is 11.1. The van der Waals surface area contributed by atoms with E-state index in [0.717, 1.165) is 20.7 Å². The van der Waals surface area contributed by atoms with E-state index in [-0.39, 0.29) is 6.42 Å². The Balaban J connectivity index is 2.24. The molecule has 1 amide bonds. The fourth-order valence-electron chi connectivity index (χ4n) is 2.55. The van der Waals surface area contributed by atoms with Crippen LogP contribution in [0.15, 0.2) is 28.6 Å². The van der Waals surface area contributed by atoms with Gasteiger partial charge in [-0.25, -0.2) is 8.42 Å². The van der Waals surface area contributed by atoms with Gasteiger partial charge in [0.1, 0.15) is 11.8 Å². The second-order valence-electron chi connectivity index (χ2n) is 6.75. The predicted octanol–water partition coefficient (Wildman–Crippen LogP) is 3.48. The number of nitrogens with one attached hydrogen (secondary N) is 1. The van der Waals surface area contributed by atoms with Crippen LogP contribution in [-0.4, -0.2) is 49.7 Å². The molecule has 1 aromatic carbocycles. The Labute approximate surface area is 180 Å². The minimum absolute atomic E-state index is 0.282. The third-order valence-corrected chi connectivity index (χ3v) is 7.39. The van der Waals surface area contributed by atoms with Crippen LogP contribution in [0.25, 0.3) is 0 Å². The minimum atomic E-state index is -3.72. The lowest BCUT2D eigenvalue weighted by Crippen LogP contribution is -2.47. The van der Waals surface area contributed by atoms with Gasteiger partial charge in [-0.3, -0.25) is 14.4 Å². The highest BCUT2D eigenvalue weighted by atomic mass is 32.2. The summed E-state index contributed by atoms with van der Waals surface area (Å²) in [4.78, 5) is 12.9. The third-order valence-electron chi connectivity index (χ3n) is 3.81. The van der Waals surface area contributed by atoms with Gasteiger partial charge in [0.2, 0.25) is 21.1 Å². The topological polar surface area (TPSA) is 101 Å². The fraction of sp³-hybridized carbons (Fsp3) is 0.500. The number of hydrogen-bond acceptors (Lipinski definition) is 8. The Bertz CT molecular complexity index is 931. The first-order chi connectivity index (χ1) is 13.7. The number of rotatable bonds is 10. The molecule has 0 aliphatic carbocycles. The van der Waals surface area contributed by atoms with E-state index >= 15 is 0 Å². The number of thioether (sulfide) groups is 1. The van der Waals surface area contributed by atoms with Gasteiger partial charge in [0.05, 0.1) is 19.1 Å². The summed E-state index contributed by atoms with van der Waals surface area (Å²) in [5.74, 6) is 1.45. The van der Waals surface area contributed by atoms with Crippen molar-refractivity contribution in [2.75, 3.05) is 28.7 Å². The van der Waals surface area contributed by atoms with Crippen molar-refractivity contribution in [3.8, 4) is 5.75 Å². The van der Waals surface area contributed by atoms with Crippen LogP contribution in [0.2, 0.25) is 0 Å². The highest BCUT2D eigenvalue weighted by molar-refractivity contribution is 8.01. The van der Waals surface area contributed by atoms with Crippen LogP contribution in [0.4, 0.5) is 10.8 Å². The Morgan fingerprint density at radius 1 is 1.34 bits per heavy atom.